The Morgan fingerprint density at radius 3 is 2.55 bits per heavy atom. The molecule has 0 aliphatic carbocycles. The molecule has 4 nitrogen and oxygen atoms in total. The van der Waals surface area contributed by atoms with Gasteiger partial charge in [0.2, 0.25) is 0 Å². The second-order valence-electron chi connectivity index (χ2n) is 7.21. The van der Waals surface area contributed by atoms with Gasteiger partial charge in [-0.3, -0.25) is 4.79 Å². The average Bonchev–Trinajstić information content (AvgIpc) is 3.08. The molecule has 0 saturated heterocycles. The summed E-state index contributed by atoms with van der Waals surface area (Å²) in [6.07, 6.45) is 2.06. The Kier molecular flexibility index (Phi) is 5.34. The molecule has 146 valence electrons. The number of carboxylic acids is 1. The zero-order chi connectivity index (χ0) is 20.2. The molecule has 0 fully saturated rings. The van der Waals surface area contributed by atoms with Crippen LogP contribution < -0.4 is 4.74 Å². The summed E-state index contributed by atoms with van der Waals surface area (Å²) >= 11 is 0. The summed E-state index contributed by atoms with van der Waals surface area (Å²) in [7, 11) is 1.99. The van der Waals surface area contributed by atoms with E-state index < -0.39 is 5.97 Å². The number of hydrogen-bond acceptors (Lipinski definition) is 2. The highest BCUT2D eigenvalue weighted by Crippen LogP contribution is 2.35. The molecule has 3 aromatic carbocycles. The number of rotatable bonds is 7. The summed E-state index contributed by atoms with van der Waals surface area (Å²) in [5, 5.41) is 10.6. The maximum atomic E-state index is 11.7. The quantitative estimate of drug-likeness (QED) is 0.466. The number of fused-ring (bicyclic) bond motifs is 1. The molecule has 4 rings (SSSR count). The Morgan fingerprint density at radius 1 is 1.00 bits per heavy atom. The monoisotopic (exact) mass is 385 g/mol. The molecule has 29 heavy (non-hydrogen) atoms. The molecule has 1 heterocycles. The highest BCUT2D eigenvalue weighted by molar-refractivity contribution is 5.85. The fourth-order valence-corrected chi connectivity index (χ4v) is 3.79. The van der Waals surface area contributed by atoms with Crippen molar-refractivity contribution < 1.29 is 14.6 Å². The number of aliphatic carboxylic acids is 1. The number of carboxylic acid groups (broad SMARTS) is 1. The van der Waals surface area contributed by atoms with E-state index in [-0.39, 0.29) is 12.3 Å². The number of para-hydroxylation sites is 1. The van der Waals surface area contributed by atoms with Crippen molar-refractivity contribution in [2.75, 3.05) is 0 Å². The maximum absolute atomic E-state index is 11.7. The second-order valence-corrected chi connectivity index (χ2v) is 7.21. The fourth-order valence-electron chi connectivity index (χ4n) is 3.79. The number of aromatic nitrogens is 1. The van der Waals surface area contributed by atoms with Crippen LogP contribution in [0.25, 0.3) is 10.9 Å². The Balaban J connectivity index is 1.67. The van der Waals surface area contributed by atoms with Gasteiger partial charge in [0.05, 0.1) is 6.42 Å². The van der Waals surface area contributed by atoms with Crippen LogP contribution in [0.1, 0.15) is 29.0 Å². The van der Waals surface area contributed by atoms with Gasteiger partial charge in [0.25, 0.3) is 0 Å². The van der Waals surface area contributed by atoms with Crippen molar-refractivity contribution >= 4 is 16.9 Å². The summed E-state index contributed by atoms with van der Waals surface area (Å²) in [4.78, 5) is 11.7. The van der Waals surface area contributed by atoms with E-state index in [1.54, 1.807) is 0 Å². The van der Waals surface area contributed by atoms with E-state index in [0.29, 0.717) is 6.61 Å². The van der Waals surface area contributed by atoms with E-state index in [0.717, 1.165) is 33.3 Å². The van der Waals surface area contributed by atoms with Gasteiger partial charge < -0.3 is 14.4 Å². The maximum Gasteiger partial charge on any atom is 0.304 e. The predicted octanol–water partition coefficient (Wildman–Crippen LogP) is 5.36. The number of nitrogens with zero attached hydrogens (tertiary/aromatic N) is 1. The van der Waals surface area contributed by atoms with E-state index in [2.05, 4.69) is 16.7 Å². The lowest BCUT2D eigenvalue weighted by Crippen LogP contribution is -2.08. The van der Waals surface area contributed by atoms with Crippen molar-refractivity contribution in [3.8, 4) is 5.75 Å². The van der Waals surface area contributed by atoms with Gasteiger partial charge in [0.15, 0.2) is 0 Å². The molecule has 1 aromatic heterocycles. The zero-order valence-electron chi connectivity index (χ0n) is 16.3. The van der Waals surface area contributed by atoms with Gasteiger partial charge in [-0.05, 0) is 34.9 Å². The van der Waals surface area contributed by atoms with Crippen molar-refractivity contribution in [2.45, 2.75) is 18.9 Å². The van der Waals surface area contributed by atoms with E-state index in [1.165, 1.54) is 0 Å². The van der Waals surface area contributed by atoms with Crippen LogP contribution in [0.15, 0.2) is 85.1 Å². The standard InChI is InChI=1S/C25H23NO3/c1-26-16-23(21-12-5-6-13-24(21)26)22(15-25(27)28)19-10-7-11-20(14-19)29-17-18-8-3-2-4-9-18/h2-14,16,22H,15,17H2,1H3,(H,27,28). The Morgan fingerprint density at radius 2 is 1.76 bits per heavy atom. The minimum atomic E-state index is -0.821. The number of aryl methyl sites for hydroxylation is 1. The van der Waals surface area contributed by atoms with Gasteiger partial charge in [0, 0.05) is 30.1 Å². The summed E-state index contributed by atoms with van der Waals surface area (Å²) in [6, 6.07) is 25.8. The van der Waals surface area contributed by atoms with Crippen LogP contribution in [0, 0.1) is 0 Å². The van der Waals surface area contributed by atoms with Gasteiger partial charge in [-0.2, -0.15) is 0 Å². The van der Waals surface area contributed by atoms with E-state index >= 15 is 0 Å². The molecule has 1 N–H and O–H groups in total. The highest BCUT2D eigenvalue weighted by Gasteiger charge is 2.22. The average molecular weight is 385 g/mol. The lowest BCUT2D eigenvalue weighted by Gasteiger charge is -2.17. The molecule has 4 aromatic rings. The normalized spacial score (nSPS) is 12.0. The topological polar surface area (TPSA) is 51.5 Å². The van der Waals surface area contributed by atoms with Crippen LogP contribution in [0.5, 0.6) is 5.75 Å². The largest absolute Gasteiger partial charge is 0.489 e. The zero-order valence-corrected chi connectivity index (χ0v) is 16.3. The molecular weight excluding hydrogens is 362 g/mol. The SMILES string of the molecule is Cn1cc(C(CC(=O)O)c2cccc(OCc3ccccc3)c2)c2ccccc21. The number of carbonyl (C=O) groups is 1. The summed E-state index contributed by atoms with van der Waals surface area (Å²) in [6.45, 7) is 0.474. The number of ether oxygens (including phenoxy) is 1. The van der Waals surface area contributed by atoms with Crippen LogP contribution in [-0.2, 0) is 18.4 Å². The molecule has 0 aliphatic heterocycles. The van der Waals surface area contributed by atoms with Gasteiger partial charge in [-0.15, -0.1) is 0 Å². The van der Waals surface area contributed by atoms with Gasteiger partial charge in [-0.1, -0.05) is 60.7 Å². The van der Waals surface area contributed by atoms with Gasteiger partial charge in [0.1, 0.15) is 12.4 Å². The Hall–Kier alpha value is -3.53. The third-order valence-electron chi connectivity index (χ3n) is 5.19. The van der Waals surface area contributed by atoms with Crippen LogP contribution >= 0.6 is 0 Å². The van der Waals surface area contributed by atoms with Crippen molar-refractivity contribution in [3.05, 3.63) is 102 Å². The summed E-state index contributed by atoms with van der Waals surface area (Å²) < 4.78 is 8.01. The molecule has 1 atom stereocenters. The van der Waals surface area contributed by atoms with Crippen molar-refractivity contribution in [1.29, 1.82) is 0 Å². The van der Waals surface area contributed by atoms with E-state index in [4.69, 9.17) is 4.74 Å². The van der Waals surface area contributed by atoms with Gasteiger partial charge >= 0.3 is 5.97 Å². The van der Waals surface area contributed by atoms with Crippen LogP contribution in [0.4, 0.5) is 0 Å². The second kappa shape index (κ2) is 8.23. The Labute approximate surface area is 170 Å². The molecule has 0 aliphatic rings. The smallest absolute Gasteiger partial charge is 0.304 e. The molecule has 0 spiro atoms. The Bertz CT molecular complexity index is 1130. The first-order valence-electron chi connectivity index (χ1n) is 9.64. The van der Waals surface area contributed by atoms with Crippen molar-refractivity contribution in [2.24, 2.45) is 7.05 Å². The lowest BCUT2D eigenvalue weighted by molar-refractivity contribution is -0.137. The first-order valence-corrected chi connectivity index (χ1v) is 9.64. The third-order valence-corrected chi connectivity index (χ3v) is 5.19. The third kappa shape index (κ3) is 4.16. The van der Waals surface area contributed by atoms with Crippen molar-refractivity contribution in [1.82, 2.24) is 4.57 Å². The predicted molar refractivity (Wildman–Crippen MR) is 114 cm³/mol. The number of hydrogen-bond donors (Lipinski definition) is 1. The first kappa shape index (κ1) is 18.8. The molecule has 0 radical (unpaired) electrons. The van der Waals surface area contributed by atoms with Crippen LogP contribution in [0.3, 0.4) is 0 Å². The number of benzene rings is 3. The van der Waals surface area contributed by atoms with Crippen molar-refractivity contribution in [3.63, 3.8) is 0 Å². The van der Waals surface area contributed by atoms with Gasteiger partial charge in [-0.25, -0.2) is 0 Å². The summed E-state index contributed by atoms with van der Waals surface area (Å²) in [5.74, 6) is -0.334. The summed E-state index contributed by atoms with van der Waals surface area (Å²) in [5.41, 5.74) is 4.14. The molecule has 0 bridgehead atoms. The highest BCUT2D eigenvalue weighted by atomic mass is 16.5. The lowest BCUT2D eigenvalue weighted by atomic mass is 9.88. The minimum absolute atomic E-state index is 0.0240. The van der Waals surface area contributed by atoms with E-state index in [9.17, 15) is 9.90 Å². The molecule has 0 saturated carbocycles. The molecule has 4 heteroatoms. The van der Waals surface area contributed by atoms with Crippen LogP contribution in [0.2, 0.25) is 0 Å². The fraction of sp³-hybridized carbons (Fsp3) is 0.160. The molecular formula is C25H23NO3. The van der Waals surface area contributed by atoms with E-state index in [1.807, 2.05) is 80.0 Å². The molecule has 0 amide bonds. The minimum Gasteiger partial charge on any atom is -0.489 e. The van der Waals surface area contributed by atoms with Crippen LogP contribution in [-0.4, -0.2) is 15.6 Å². The molecule has 1 unspecified atom stereocenters. The first-order chi connectivity index (χ1) is 14.1.